The van der Waals surface area contributed by atoms with E-state index in [1.807, 2.05) is 38.1 Å². The molecule has 0 fully saturated rings. The largest absolute Gasteiger partial charge is 0.491 e. The van der Waals surface area contributed by atoms with Crippen molar-refractivity contribution in [1.29, 1.82) is 0 Å². The minimum absolute atomic E-state index is 0.142. The highest BCUT2D eigenvalue weighted by atomic mass is 16.5. The molecular formula is C15H21N3O2. The van der Waals surface area contributed by atoms with Gasteiger partial charge in [-0.15, -0.1) is 10.2 Å². The van der Waals surface area contributed by atoms with E-state index in [0.29, 0.717) is 11.8 Å². The Labute approximate surface area is 119 Å². The molecule has 0 spiro atoms. The summed E-state index contributed by atoms with van der Waals surface area (Å²) in [7, 11) is 0. The first-order valence-electron chi connectivity index (χ1n) is 6.99. The number of likely N-dealkylation sites (N-methyl/N-ethyl adjacent to an activating group) is 1. The number of hydrogen-bond donors (Lipinski definition) is 1. The van der Waals surface area contributed by atoms with Crippen molar-refractivity contribution in [1.82, 2.24) is 15.5 Å². The molecule has 1 aromatic carbocycles. The fourth-order valence-corrected chi connectivity index (χ4v) is 1.82. The molecule has 0 saturated heterocycles. The molecule has 1 aromatic heterocycles. The third-order valence-electron chi connectivity index (χ3n) is 2.69. The van der Waals surface area contributed by atoms with Gasteiger partial charge in [-0.25, -0.2) is 0 Å². The number of hydrogen-bond acceptors (Lipinski definition) is 5. The molecule has 2 rings (SSSR count). The molecule has 1 heterocycles. The highest BCUT2D eigenvalue weighted by Gasteiger charge is 2.09. The summed E-state index contributed by atoms with van der Waals surface area (Å²) >= 11 is 0. The van der Waals surface area contributed by atoms with E-state index in [2.05, 4.69) is 22.4 Å². The summed E-state index contributed by atoms with van der Waals surface area (Å²) in [5, 5.41) is 11.4. The summed E-state index contributed by atoms with van der Waals surface area (Å²) in [6.07, 6.45) is 0.881. The van der Waals surface area contributed by atoms with Gasteiger partial charge in [-0.3, -0.25) is 0 Å². The van der Waals surface area contributed by atoms with Gasteiger partial charge in [-0.05, 0) is 38.6 Å². The highest BCUT2D eigenvalue weighted by molar-refractivity contribution is 5.55. The van der Waals surface area contributed by atoms with Crippen LogP contribution in [0.2, 0.25) is 0 Å². The van der Waals surface area contributed by atoms with Crippen LogP contribution in [0, 0.1) is 0 Å². The molecule has 0 amide bonds. The fourth-order valence-electron chi connectivity index (χ4n) is 1.82. The van der Waals surface area contributed by atoms with Crippen LogP contribution in [-0.4, -0.2) is 29.4 Å². The summed E-state index contributed by atoms with van der Waals surface area (Å²) < 4.78 is 11.3. The number of nitrogens with zero attached hydrogens (tertiary/aromatic N) is 2. The van der Waals surface area contributed by atoms with Crippen LogP contribution in [0.3, 0.4) is 0 Å². The van der Waals surface area contributed by atoms with Gasteiger partial charge in [-0.2, -0.15) is 0 Å². The predicted octanol–water partition coefficient (Wildman–Crippen LogP) is 2.68. The number of aromatic nitrogens is 2. The Morgan fingerprint density at radius 1 is 1.30 bits per heavy atom. The van der Waals surface area contributed by atoms with Crippen molar-refractivity contribution in [2.24, 2.45) is 0 Å². The second-order valence-electron chi connectivity index (χ2n) is 4.80. The molecule has 0 aliphatic carbocycles. The van der Waals surface area contributed by atoms with E-state index < -0.39 is 0 Å². The monoisotopic (exact) mass is 275 g/mol. The summed E-state index contributed by atoms with van der Waals surface area (Å²) in [5.74, 6) is 1.99. The molecule has 0 aliphatic heterocycles. The lowest BCUT2D eigenvalue weighted by Gasteiger charge is -2.09. The average molecular weight is 275 g/mol. The van der Waals surface area contributed by atoms with Crippen LogP contribution in [0.5, 0.6) is 5.75 Å². The highest BCUT2D eigenvalue weighted by Crippen LogP contribution is 2.23. The third-order valence-corrected chi connectivity index (χ3v) is 2.69. The zero-order valence-corrected chi connectivity index (χ0v) is 12.2. The fraction of sp³-hybridized carbons (Fsp3) is 0.467. The second-order valence-corrected chi connectivity index (χ2v) is 4.80. The molecule has 0 unspecified atom stereocenters. The average Bonchev–Trinajstić information content (AvgIpc) is 2.87. The lowest BCUT2D eigenvalue weighted by molar-refractivity contribution is 0.242. The maximum atomic E-state index is 5.66. The van der Waals surface area contributed by atoms with Gasteiger partial charge in [0.2, 0.25) is 11.8 Å². The Kier molecular flexibility index (Phi) is 5.12. The molecule has 0 radical (unpaired) electrons. The first kappa shape index (κ1) is 14.5. The van der Waals surface area contributed by atoms with Crippen molar-refractivity contribution in [2.45, 2.75) is 33.3 Å². The zero-order valence-electron chi connectivity index (χ0n) is 12.2. The van der Waals surface area contributed by atoms with Crippen molar-refractivity contribution in [2.75, 3.05) is 13.1 Å². The quantitative estimate of drug-likeness (QED) is 0.787. The van der Waals surface area contributed by atoms with E-state index in [4.69, 9.17) is 9.15 Å². The normalized spacial score (nSPS) is 11.0. The van der Waals surface area contributed by atoms with Crippen LogP contribution < -0.4 is 10.1 Å². The topological polar surface area (TPSA) is 60.2 Å². The summed E-state index contributed by atoms with van der Waals surface area (Å²) in [6, 6.07) is 7.71. The van der Waals surface area contributed by atoms with Crippen LogP contribution in [-0.2, 0) is 6.42 Å². The van der Waals surface area contributed by atoms with Crippen LogP contribution in [0.1, 0.15) is 26.7 Å². The van der Waals surface area contributed by atoms with E-state index >= 15 is 0 Å². The van der Waals surface area contributed by atoms with Crippen LogP contribution in [0.25, 0.3) is 11.5 Å². The van der Waals surface area contributed by atoms with Gasteiger partial charge in [-0.1, -0.05) is 13.0 Å². The van der Waals surface area contributed by atoms with E-state index in [-0.39, 0.29) is 6.10 Å². The number of rotatable bonds is 7. The van der Waals surface area contributed by atoms with Crippen molar-refractivity contribution >= 4 is 0 Å². The molecule has 2 aromatic rings. The van der Waals surface area contributed by atoms with Gasteiger partial charge < -0.3 is 14.5 Å². The zero-order chi connectivity index (χ0) is 14.4. The number of benzene rings is 1. The molecule has 108 valence electrons. The Balaban J connectivity index is 2.07. The molecule has 1 N–H and O–H groups in total. The SMILES string of the molecule is CCNCCc1nnc(-c2cccc(OC(C)C)c2)o1. The minimum atomic E-state index is 0.142. The maximum absolute atomic E-state index is 5.66. The Morgan fingerprint density at radius 3 is 2.90 bits per heavy atom. The van der Waals surface area contributed by atoms with Gasteiger partial charge in [0.15, 0.2) is 0 Å². The van der Waals surface area contributed by atoms with Gasteiger partial charge >= 0.3 is 0 Å². The number of ether oxygens (including phenoxy) is 1. The lowest BCUT2D eigenvalue weighted by Crippen LogP contribution is -2.16. The molecule has 5 heteroatoms. The van der Waals surface area contributed by atoms with Gasteiger partial charge in [0.05, 0.1) is 6.10 Å². The lowest BCUT2D eigenvalue weighted by atomic mass is 10.2. The van der Waals surface area contributed by atoms with Crippen molar-refractivity contribution < 1.29 is 9.15 Å². The first-order chi connectivity index (χ1) is 9.69. The predicted molar refractivity (Wildman–Crippen MR) is 77.7 cm³/mol. The Morgan fingerprint density at radius 2 is 2.15 bits per heavy atom. The van der Waals surface area contributed by atoms with E-state index in [1.165, 1.54) is 0 Å². The van der Waals surface area contributed by atoms with E-state index in [1.54, 1.807) is 0 Å². The van der Waals surface area contributed by atoms with Crippen LogP contribution in [0.15, 0.2) is 28.7 Å². The van der Waals surface area contributed by atoms with Gasteiger partial charge in [0, 0.05) is 18.5 Å². The molecule has 0 bridgehead atoms. The van der Waals surface area contributed by atoms with Crippen LogP contribution in [0.4, 0.5) is 0 Å². The standard InChI is InChI=1S/C15H21N3O2/c1-4-16-9-8-14-17-18-15(20-14)12-6-5-7-13(10-12)19-11(2)3/h5-7,10-11,16H,4,8-9H2,1-3H3. The van der Waals surface area contributed by atoms with E-state index in [0.717, 1.165) is 30.8 Å². The van der Waals surface area contributed by atoms with Crippen molar-refractivity contribution in [3.63, 3.8) is 0 Å². The minimum Gasteiger partial charge on any atom is -0.491 e. The molecule has 5 nitrogen and oxygen atoms in total. The van der Waals surface area contributed by atoms with Crippen LogP contribution >= 0.6 is 0 Å². The first-order valence-corrected chi connectivity index (χ1v) is 6.99. The smallest absolute Gasteiger partial charge is 0.247 e. The molecule has 0 saturated carbocycles. The van der Waals surface area contributed by atoms with Gasteiger partial charge in [0.1, 0.15) is 5.75 Å². The van der Waals surface area contributed by atoms with E-state index in [9.17, 15) is 0 Å². The molecule has 20 heavy (non-hydrogen) atoms. The summed E-state index contributed by atoms with van der Waals surface area (Å²) in [4.78, 5) is 0. The van der Waals surface area contributed by atoms with Crippen molar-refractivity contribution in [3.8, 4) is 17.2 Å². The van der Waals surface area contributed by atoms with Crippen molar-refractivity contribution in [3.05, 3.63) is 30.2 Å². The molecule has 0 aliphatic rings. The molecular weight excluding hydrogens is 254 g/mol. The second kappa shape index (κ2) is 7.05. The Hall–Kier alpha value is -1.88. The number of nitrogens with one attached hydrogen (secondary N) is 1. The molecule has 0 atom stereocenters. The third kappa shape index (κ3) is 4.06. The van der Waals surface area contributed by atoms with Gasteiger partial charge in [0.25, 0.3) is 0 Å². The Bertz CT molecular complexity index is 537. The summed E-state index contributed by atoms with van der Waals surface area (Å²) in [6.45, 7) is 7.85. The summed E-state index contributed by atoms with van der Waals surface area (Å²) in [5.41, 5.74) is 0.880. The maximum Gasteiger partial charge on any atom is 0.247 e.